The van der Waals surface area contributed by atoms with Gasteiger partial charge in [0.25, 0.3) is 6.71 Å². The molecule has 5 nitrogen and oxygen atoms in total. The molecule has 1 aromatic heterocycles. The Morgan fingerprint density at radius 2 is 0.721 bits per heavy atom. The Morgan fingerprint density at radius 1 is 0.337 bits per heavy atom. The third kappa shape index (κ3) is 8.16. The van der Waals surface area contributed by atoms with Crippen LogP contribution in [0.4, 0.5) is 39.8 Å². The Hall–Kier alpha value is -11.7. The van der Waals surface area contributed by atoms with Crippen molar-refractivity contribution in [2.24, 2.45) is 0 Å². The van der Waals surface area contributed by atoms with Crippen LogP contribution in [0, 0.1) is 17.9 Å². The third-order valence-electron chi connectivity index (χ3n) is 17.4. The van der Waals surface area contributed by atoms with Crippen LogP contribution in [-0.2, 0) is 0 Å². The molecule has 0 saturated heterocycles. The van der Waals surface area contributed by atoms with Gasteiger partial charge in [-0.3, -0.25) is 0 Å². The number of nitriles is 1. The average molecular weight is 1090 g/mol. The molecule has 0 aliphatic carbocycles. The maximum atomic E-state index is 10.3. The number of hydrogen-bond donors (Lipinski definition) is 0. The van der Waals surface area contributed by atoms with E-state index in [9.17, 15) is 5.26 Å². The van der Waals surface area contributed by atoms with Crippen LogP contribution in [0.2, 0.25) is 0 Å². The lowest BCUT2D eigenvalue weighted by molar-refractivity contribution is 1.16. The van der Waals surface area contributed by atoms with Crippen LogP contribution < -0.4 is 26.2 Å². The van der Waals surface area contributed by atoms with Gasteiger partial charge in [0.1, 0.15) is 0 Å². The summed E-state index contributed by atoms with van der Waals surface area (Å²) in [6, 6.07) is 112. The highest BCUT2D eigenvalue weighted by atomic mass is 15.2. The van der Waals surface area contributed by atoms with Crippen LogP contribution in [0.15, 0.2) is 303 Å². The van der Waals surface area contributed by atoms with Gasteiger partial charge in [-0.25, -0.2) is 4.85 Å². The number of benzene rings is 13. The van der Waals surface area contributed by atoms with Crippen LogP contribution in [0.3, 0.4) is 0 Å². The number of hydrogen-bond acceptors (Lipinski definition) is 3. The van der Waals surface area contributed by atoms with Gasteiger partial charge in [0.05, 0.1) is 46.3 Å². The van der Waals surface area contributed by atoms with Gasteiger partial charge in [-0.05, 0) is 115 Å². The minimum absolute atomic E-state index is 0.277. The van der Waals surface area contributed by atoms with E-state index in [1.165, 1.54) is 16.2 Å². The highest BCUT2D eigenvalue weighted by molar-refractivity contribution is 7.00. The molecule has 0 atom stereocenters. The van der Waals surface area contributed by atoms with Gasteiger partial charge in [-0.2, -0.15) is 5.26 Å². The van der Waals surface area contributed by atoms with Crippen LogP contribution in [0.5, 0.6) is 0 Å². The van der Waals surface area contributed by atoms with Gasteiger partial charge >= 0.3 is 0 Å². The van der Waals surface area contributed by atoms with Gasteiger partial charge in [-0.15, -0.1) is 0 Å². The zero-order chi connectivity index (χ0) is 57.2. The maximum Gasteiger partial charge on any atom is 0.252 e. The Morgan fingerprint density at radius 3 is 1.16 bits per heavy atom. The zero-order valence-electron chi connectivity index (χ0n) is 46.7. The molecule has 2 aliphatic heterocycles. The Labute approximate surface area is 500 Å². The lowest BCUT2D eigenvalue weighted by Gasteiger charge is -2.46. The first-order valence-electron chi connectivity index (χ1n) is 29.1. The molecule has 14 aromatic rings. The summed E-state index contributed by atoms with van der Waals surface area (Å²) in [4.78, 5) is 9.08. The van der Waals surface area contributed by atoms with Crippen LogP contribution in [-0.4, -0.2) is 11.3 Å². The van der Waals surface area contributed by atoms with Crippen molar-refractivity contribution in [3.63, 3.8) is 0 Å². The molecule has 0 unspecified atom stereocenters. The van der Waals surface area contributed by atoms with E-state index in [2.05, 4.69) is 292 Å². The molecule has 0 spiro atoms. The topological polar surface area (TPSA) is 39.6 Å². The van der Waals surface area contributed by atoms with Gasteiger partial charge in [0, 0.05) is 55.8 Å². The molecular weight excluding hydrogens is 1040 g/mol. The van der Waals surface area contributed by atoms with Crippen LogP contribution >= 0.6 is 0 Å². The average Bonchev–Trinajstić information content (AvgIpc) is 0.762. The first kappa shape index (κ1) is 50.1. The summed E-state index contributed by atoms with van der Waals surface area (Å²) < 4.78 is 2.47. The minimum atomic E-state index is -0.277. The summed E-state index contributed by atoms with van der Waals surface area (Å²) in [6.07, 6.45) is 0. The van der Waals surface area contributed by atoms with Crippen molar-refractivity contribution in [3.05, 3.63) is 320 Å². The highest BCUT2D eigenvalue weighted by Gasteiger charge is 2.46. The number of para-hydroxylation sites is 4. The molecule has 0 bridgehead atoms. The summed E-state index contributed by atoms with van der Waals surface area (Å²) in [5.41, 5.74) is 26.8. The first-order valence-corrected chi connectivity index (χ1v) is 29.1. The standard InChI is InChI=1S/C80H50BN5/c1-83-62-33-19-32-59(47-62)61-43-45-71-75(49-61)86(80-66(56-27-10-4-11-28-56)38-21-39-67(80)57-29-12-5-13-30-57)77-51-63(84-72-40-16-14-34-68(72)69-35-15-17-41-73(69)84)50-76-78(77)81(71)70-44-42-60(58-31-18-22-53(46-58)52-82)48-74(70)85(76)79-64(54-23-6-2-7-24-54)36-20-37-65(79)55-25-8-3-9-26-55/h2-51H. The van der Waals surface area contributed by atoms with E-state index >= 15 is 0 Å². The normalized spacial score (nSPS) is 12.1. The van der Waals surface area contributed by atoms with Crippen molar-refractivity contribution in [1.29, 1.82) is 5.26 Å². The van der Waals surface area contributed by atoms with Gasteiger partial charge in [-0.1, -0.05) is 249 Å². The fourth-order valence-electron chi connectivity index (χ4n) is 13.6. The second-order valence-corrected chi connectivity index (χ2v) is 22.1. The summed E-state index contributed by atoms with van der Waals surface area (Å²) in [6.45, 7) is 7.83. The maximum absolute atomic E-state index is 10.3. The van der Waals surface area contributed by atoms with Gasteiger partial charge < -0.3 is 14.4 Å². The van der Waals surface area contributed by atoms with Crippen LogP contribution in [0.1, 0.15) is 5.56 Å². The van der Waals surface area contributed by atoms with Crippen molar-refractivity contribution in [3.8, 4) is 78.5 Å². The number of anilines is 6. The molecule has 13 aromatic carbocycles. The molecule has 398 valence electrons. The molecule has 0 saturated carbocycles. The quantitative estimate of drug-likeness (QED) is 0.107. The van der Waals surface area contributed by atoms with E-state index in [-0.39, 0.29) is 6.71 Å². The minimum Gasteiger partial charge on any atom is -0.310 e. The van der Waals surface area contributed by atoms with Crippen molar-refractivity contribution in [2.75, 3.05) is 9.80 Å². The Bertz CT molecular complexity index is 4670. The molecule has 16 rings (SSSR count). The number of nitrogens with zero attached hydrogens (tertiary/aromatic N) is 5. The molecule has 3 heterocycles. The molecule has 0 fully saturated rings. The monoisotopic (exact) mass is 1090 g/mol. The second-order valence-electron chi connectivity index (χ2n) is 22.1. The molecule has 2 aliphatic rings. The number of fused-ring (bicyclic) bond motifs is 7. The predicted molar refractivity (Wildman–Crippen MR) is 358 cm³/mol. The predicted octanol–water partition coefficient (Wildman–Crippen LogP) is 19.3. The number of rotatable bonds is 9. The van der Waals surface area contributed by atoms with Gasteiger partial charge in [0.15, 0.2) is 5.69 Å². The summed E-state index contributed by atoms with van der Waals surface area (Å²) in [5.74, 6) is 0. The lowest BCUT2D eigenvalue weighted by Crippen LogP contribution is -2.61. The summed E-state index contributed by atoms with van der Waals surface area (Å²) >= 11 is 0. The largest absolute Gasteiger partial charge is 0.310 e. The van der Waals surface area contributed by atoms with Gasteiger partial charge in [0.2, 0.25) is 0 Å². The molecule has 0 amide bonds. The fourth-order valence-corrected chi connectivity index (χ4v) is 13.6. The van der Waals surface area contributed by atoms with E-state index in [4.69, 9.17) is 6.57 Å². The summed E-state index contributed by atoms with van der Waals surface area (Å²) in [7, 11) is 0. The highest BCUT2D eigenvalue weighted by Crippen LogP contribution is 2.54. The third-order valence-corrected chi connectivity index (χ3v) is 17.4. The van der Waals surface area contributed by atoms with Crippen molar-refractivity contribution in [1.82, 2.24) is 4.57 Å². The van der Waals surface area contributed by atoms with Crippen molar-refractivity contribution >= 4 is 84.7 Å². The number of aromatic nitrogens is 1. The SMILES string of the molecule is [C-]#[N+]c1cccc(-c2ccc3c(c2)N(c2c(-c4ccccc4)cccc2-c2ccccc2)c2cc(-n4c5ccccc5c5ccccc54)cc4c2B3c2ccc(-c3cccc(C#N)c3)cc2N4c2c(-c3ccccc3)cccc2-c2ccccc2)c1. The van der Waals surface area contributed by atoms with Crippen molar-refractivity contribution in [2.45, 2.75) is 0 Å². The smallest absolute Gasteiger partial charge is 0.252 e. The van der Waals surface area contributed by atoms with Crippen molar-refractivity contribution < 1.29 is 0 Å². The van der Waals surface area contributed by atoms with E-state index in [0.717, 1.165) is 129 Å². The summed E-state index contributed by atoms with van der Waals surface area (Å²) in [5, 5.41) is 12.7. The Balaban J connectivity index is 1.11. The molecule has 0 N–H and O–H groups in total. The molecular formula is C80H50BN5. The first-order chi connectivity index (χ1) is 42.6. The lowest BCUT2D eigenvalue weighted by atomic mass is 9.33. The molecule has 0 radical (unpaired) electrons. The van der Waals surface area contributed by atoms with E-state index in [0.29, 0.717) is 11.3 Å². The second kappa shape index (κ2) is 20.6. The molecule has 86 heavy (non-hydrogen) atoms. The fraction of sp³-hybridized carbons (Fsp3) is 0. The van der Waals surface area contributed by atoms with E-state index < -0.39 is 0 Å². The molecule has 6 heteroatoms. The Kier molecular flexibility index (Phi) is 12.0. The zero-order valence-corrected chi connectivity index (χ0v) is 46.7. The van der Waals surface area contributed by atoms with Crippen LogP contribution in [0.25, 0.3) is 99.1 Å². The van der Waals surface area contributed by atoms with E-state index in [1.807, 2.05) is 36.4 Å². The van der Waals surface area contributed by atoms with E-state index in [1.54, 1.807) is 0 Å².